The van der Waals surface area contributed by atoms with Crippen molar-refractivity contribution >= 4 is 23.1 Å². The minimum atomic E-state index is -0.0424. The summed E-state index contributed by atoms with van der Waals surface area (Å²) in [5.74, 6) is 1.30. The maximum atomic E-state index is 12.9. The zero-order valence-electron chi connectivity index (χ0n) is 18.0. The molecule has 0 unspecified atom stereocenters. The number of ether oxygens (including phenoxy) is 2. The molecule has 0 atom stereocenters. The van der Waals surface area contributed by atoms with Gasteiger partial charge in [-0.3, -0.25) is 9.59 Å². The number of nitrogens with zero attached hydrogens (tertiary/aromatic N) is 2. The summed E-state index contributed by atoms with van der Waals surface area (Å²) in [6, 6.07) is 11.2. The average Bonchev–Trinajstić information content (AvgIpc) is 3.19. The van der Waals surface area contributed by atoms with E-state index in [1.807, 2.05) is 30.3 Å². The summed E-state index contributed by atoms with van der Waals surface area (Å²) < 4.78 is 10.6. The van der Waals surface area contributed by atoms with Crippen LogP contribution in [-0.4, -0.2) is 51.1 Å². The van der Waals surface area contributed by atoms with E-state index in [9.17, 15) is 9.59 Å². The molecule has 0 saturated carbocycles. The molecule has 1 aliphatic heterocycles. The monoisotopic (exact) mass is 408 g/mol. The van der Waals surface area contributed by atoms with Crippen LogP contribution in [0.1, 0.15) is 34.8 Å². The van der Waals surface area contributed by atoms with Crippen LogP contribution in [0.3, 0.4) is 0 Å². The van der Waals surface area contributed by atoms with Crippen LogP contribution in [-0.2, 0) is 11.2 Å². The molecular formula is C24H28N2O4. The molecule has 0 aromatic heterocycles. The summed E-state index contributed by atoms with van der Waals surface area (Å²) in [6.07, 6.45) is 1.41. The van der Waals surface area contributed by atoms with Gasteiger partial charge in [-0.15, -0.1) is 0 Å². The number of hydrogen-bond donors (Lipinski definition) is 0. The lowest BCUT2D eigenvalue weighted by atomic mass is 10.0. The van der Waals surface area contributed by atoms with Gasteiger partial charge in [0.15, 0.2) is 11.5 Å². The topological polar surface area (TPSA) is 59.1 Å². The average molecular weight is 408 g/mol. The molecule has 0 spiro atoms. The molecule has 6 nitrogen and oxygen atoms in total. The van der Waals surface area contributed by atoms with Gasteiger partial charge in [-0.2, -0.15) is 0 Å². The number of methoxy groups -OCH3 is 2. The van der Waals surface area contributed by atoms with Crippen molar-refractivity contribution in [3.05, 3.63) is 59.7 Å². The molecule has 0 saturated heterocycles. The highest BCUT2D eigenvalue weighted by Crippen LogP contribution is 2.31. The van der Waals surface area contributed by atoms with Gasteiger partial charge in [0, 0.05) is 38.3 Å². The Morgan fingerprint density at radius 2 is 1.77 bits per heavy atom. The Morgan fingerprint density at radius 3 is 2.43 bits per heavy atom. The SMILES string of the molecule is C=C(CCN(C)C(=O)c1ccc2c(c1)CCN2C(C)=O)c1ccc(OC)c(OC)c1. The zero-order chi connectivity index (χ0) is 21.8. The van der Waals surface area contributed by atoms with Crippen molar-refractivity contribution in [2.24, 2.45) is 0 Å². The highest BCUT2D eigenvalue weighted by molar-refractivity contribution is 5.97. The summed E-state index contributed by atoms with van der Waals surface area (Å²) in [4.78, 5) is 28.0. The maximum absolute atomic E-state index is 12.9. The van der Waals surface area contributed by atoms with E-state index in [2.05, 4.69) is 6.58 Å². The third-order valence-corrected chi connectivity index (χ3v) is 5.49. The second kappa shape index (κ2) is 9.03. The van der Waals surface area contributed by atoms with E-state index in [4.69, 9.17) is 9.47 Å². The summed E-state index contributed by atoms with van der Waals surface area (Å²) in [5.41, 5.74) is 4.46. The fraction of sp³-hybridized carbons (Fsp3) is 0.333. The van der Waals surface area contributed by atoms with Crippen LogP contribution in [0.4, 0.5) is 5.69 Å². The van der Waals surface area contributed by atoms with Crippen molar-refractivity contribution in [3.63, 3.8) is 0 Å². The highest BCUT2D eigenvalue weighted by atomic mass is 16.5. The van der Waals surface area contributed by atoms with Crippen molar-refractivity contribution in [3.8, 4) is 11.5 Å². The summed E-state index contributed by atoms with van der Waals surface area (Å²) in [7, 11) is 4.99. The Labute approximate surface area is 177 Å². The van der Waals surface area contributed by atoms with Gasteiger partial charge in [-0.05, 0) is 59.9 Å². The van der Waals surface area contributed by atoms with E-state index in [0.717, 1.165) is 28.8 Å². The molecular weight excluding hydrogens is 380 g/mol. The minimum Gasteiger partial charge on any atom is -0.493 e. The predicted octanol–water partition coefficient (Wildman–Crippen LogP) is 3.79. The molecule has 0 radical (unpaired) electrons. The number of benzene rings is 2. The van der Waals surface area contributed by atoms with E-state index < -0.39 is 0 Å². The molecule has 3 rings (SSSR count). The first kappa shape index (κ1) is 21.4. The standard InChI is InChI=1S/C24H28N2O4/c1-16(18-7-9-22(29-4)23(15-18)30-5)10-12-25(3)24(28)20-6-8-21-19(14-20)11-13-26(21)17(2)27/h6-9,14-15H,1,10-13H2,2-5H3. The van der Waals surface area contributed by atoms with Crippen molar-refractivity contribution in [2.75, 3.05) is 39.3 Å². The van der Waals surface area contributed by atoms with Crippen molar-refractivity contribution in [1.29, 1.82) is 0 Å². The molecule has 2 aromatic carbocycles. The molecule has 2 aromatic rings. The molecule has 1 heterocycles. The normalized spacial score (nSPS) is 12.3. The maximum Gasteiger partial charge on any atom is 0.253 e. The van der Waals surface area contributed by atoms with Crippen molar-refractivity contribution in [1.82, 2.24) is 4.90 Å². The number of rotatable bonds is 7. The molecule has 0 fully saturated rings. The number of carbonyl (C=O) groups is 2. The van der Waals surface area contributed by atoms with Gasteiger partial charge in [-0.25, -0.2) is 0 Å². The number of carbonyl (C=O) groups excluding carboxylic acids is 2. The lowest BCUT2D eigenvalue weighted by Crippen LogP contribution is -2.28. The van der Waals surface area contributed by atoms with E-state index in [0.29, 0.717) is 36.6 Å². The van der Waals surface area contributed by atoms with Crippen LogP contribution in [0.15, 0.2) is 43.0 Å². The van der Waals surface area contributed by atoms with E-state index in [1.54, 1.807) is 44.1 Å². The predicted molar refractivity (Wildman–Crippen MR) is 118 cm³/mol. The number of anilines is 1. The Bertz CT molecular complexity index is 983. The van der Waals surface area contributed by atoms with Gasteiger partial charge in [0.1, 0.15) is 0 Å². The zero-order valence-corrected chi connectivity index (χ0v) is 18.0. The van der Waals surface area contributed by atoms with E-state index in [-0.39, 0.29) is 11.8 Å². The van der Waals surface area contributed by atoms with Gasteiger partial charge in [-0.1, -0.05) is 12.6 Å². The molecule has 6 heteroatoms. The van der Waals surface area contributed by atoms with Gasteiger partial charge < -0.3 is 19.3 Å². The second-order valence-corrected chi connectivity index (χ2v) is 7.41. The lowest BCUT2D eigenvalue weighted by molar-refractivity contribution is -0.116. The third-order valence-electron chi connectivity index (χ3n) is 5.49. The summed E-state index contributed by atoms with van der Waals surface area (Å²) in [5, 5.41) is 0. The first-order chi connectivity index (χ1) is 14.3. The molecule has 2 amide bonds. The van der Waals surface area contributed by atoms with Crippen molar-refractivity contribution in [2.45, 2.75) is 19.8 Å². The van der Waals surface area contributed by atoms with E-state index >= 15 is 0 Å². The van der Waals surface area contributed by atoms with Gasteiger partial charge in [0.25, 0.3) is 5.91 Å². The Balaban J connectivity index is 1.64. The van der Waals surface area contributed by atoms with Crippen LogP contribution in [0.5, 0.6) is 11.5 Å². The van der Waals surface area contributed by atoms with Crippen LogP contribution < -0.4 is 14.4 Å². The van der Waals surface area contributed by atoms with Gasteiger partial charge >= 0.3 is 0 Å². The molecule has 0 aliphatic carbocycles. The minimum absolute atomic E-state index is 0.0265. The molecule has 30 heavy (non-hydrogen) atoms. The molecule has 0 bridgehead atoms. The Kier molecular flexibility index (Phi) is 6.45. The number of fused-ring (bicyclic) bond motifs is 1. The van der Waals surface area contributed by atoms with Gasteiger partial charge in [0.05, 0.1) is 14.2 Å². The van der Waals surface area contributed by atoms with E-state index in [1.165, 1.54) is 0 Å². The molecule has 158 valence electrons. The lowest BCUT2D eigenvalue weighted by Gasteiger charge is -2.19. The van der Waals surface area contributed by atoms with Crippen LogP contribution in [0, 0.1) is 0 Å². The second-order valence-electron chi connectivity index (χ2n) is 7.41. The Hall–Kier alpha value is -3.28. The first-order valence-corrected chi connectivity index (χ1v) is 9.92. The number of amides is 2. The summed E-state index contributed by atoms with van der Waals surface area (Å²) in [6.45, 7) is 6.94. The fourth-order valence-corrected chi connectivity index (χ4v) is 3.69. The van der Waals surface area contributed by atoms with Gasteiger partial charge in [0.2, 0.25) is 5.91 Å². The number of hydrogen-bond acceptors (Lipinski definition) is 4. The van der Waals surface area contributed by atoms with Crippen LogP contribution in [0.25, 0.3) is 5.57 Å². The Morgan fingerprint density at radius 1 is 1.07 bits per heavy atom. The van der Waals surface area contributed by atoms with Crippen molar-refractivity contribution < 1.29 is 19.1 Å². The first-order valence-electron chi connectivity index (χ1n) is 9.92. The van der Waals surface area contributed by atoms with Crippen LogP contribution >= 0.6 is 0 Å². The third kappa shape index (κ3) is 4.32. The van der Waals surface area contributed by atoms with Crippen LogP contribution in [0.2, 0.25) is 0 Å². The largest absolute Gasteiger partial charge is 0.493 e. The quantitative estimate of drug-likeness (QED) is 0.699. The fourth-order valence-electron chi connectivity index (χ4n) is 3.69. The summed E-state index contributed by atoms with van der Waals surface area (Å²) >= 11 is 0. The molecule has 0 N–H and O–H groups in total. The smallest absolute Gasteiger partial charge is 0.253 e. The highest BCUT2D eigenvalue weighted by Gasteiger charge is 2.23. The molecule has 1 aliphatic rings.